The van der Waals surface area contributed by atoms with Gasteiger partial charge in [-0.3, -0.25) is 4.79 Å². The van der Waals surface area contributed by atoms with Crippen LogP contribution >= 0.6 is 11.6 Å². The molecule has 0 bridgehead atoms. The first-order valence-electron chi connectivity index (χ1n) is 10.6. The summed E-state index contributed by atoms with van der Waals surface area (Å²) in [7, 11) is 3.54. The summed E-state index contributed by atoms with van der Waals surface area (Å²) in [4.78, 5) is 10.5. The highest BCUT2D eigenvalue weighted by molar-refractivity contribution is 6.31. The number of carbonyl (C=O) groups is 1. The molecule has 164 valence electrons. The lowest BCUT2D eigenvalue weighted by molar-refractivity contribution is -0.105. The van der Waals surface area contributed by atoms with Crippen molar-refractivity contribution in [2.24, 2.45) is 0 Å². The van der Waals surface area contributed by atoms with Gasteiger partial charge in [-0.15, -0.1) is 0 Å². The van der Waals surface area contributed by atoms with Gasteiger partial charge in [-0.2, -0.15) is 0 Å². The summed E-state index contributed by atoms with van der Waals surface area (Å²) < 4.78 is 17.9. The van der Waals surface area contributed by atoms with Gasteiger partial charge in [-0.05, 0) is 80.6 Å². The fourth-order valence-electron chi connectivity index (χ4n) is 3.76. The van der Waals surface area contributed by atoms with Gasteiger partial charge < -0.3 is 15.4 Å². The van der Waals surface area contributed by atoms with Crippen LogP contribution in [0.3, 0.4) is 0 Å². The Hall–Kier alpha value is -2.11. The minimum Gasteiger partial charge on any atom is -0.495 e. The van der Waals surface area contributed by atoms with E-state index in [9.17, 15) is 9.18 Å². The monoisotopic (exact) mass is 434 g/mol. The predicted molar refractivity (Wildman–Crippen MR) is 122 cm³/mol. The fraction of sp³-hybridized carbons (Fsp3) is 0.458. The second kappa shape index (κ2) is 13.2. The van der Waals surface area contributed by atoms with Crippen LogP contribution in [0.2, 0.25) is 5.02 Å². The minimum absolute atomic E-state index is 0.276. The zero-order valence-electron chi connectivity index (χ0n) is 17.8. The lowest BCUT2D eigenvalue weighted by Crippen LogP contribution is -2.08. The first kappa shape index (κ1) is 24.2. The number of anilines is 1. The van der Waals surface area contributed by atoms with E-state index < -0.39 is 0 Å². The number of halogens is 2. The van der Waals surface area contributed by atoms with Crippen molar-refractivity contribution >= 4 is 23.7 Å². The Balaban J connectivity index is 0.000000222. The van der Waals surface area contributed by atoms with Crippen LogP contribution < -0.4 is 15.4 Å². The molecule has 1 amide bonds. The van der Waals surface area contributed by atoms with Crippen LogP contribution in [0.15, 0.2) is 36.4 Å². The molecule has 6 heteroatoms. The number of hydrogen-bond donors (Lipinski definition) is 2. The van der Waals surface area contributed by atoms with E-state index in [2.05, 4.69) is 22.8 Å². The number of benzene rings is 2. The van der Waals surface area contributed by atoms with Gasteiger partial charge >= 0.3 is 0 Å². The molecule has 0 radical (unpaired) electrons. The number of rotatable bonds is 8. The van der Waals surface area contributed by atoms with Crippen molar-refractivity contribution in [3.8, 4) is 5.75 Å². The second-order valence-electron chi connectivity index (χ2n) is 7.50. The molecule has 0 spiro atoms. The number of amides is 1. The van der Waals surface area contributed by atoms with Crippen molar-refractivity contribution in [2.45, 2.75) is 50.9 Å². The average molecular weight is 435 g/mol. The van der Waals surface area contributed by atoms with Crippen molar-refractivity contribution < 1.29 is 13.9 Å². The van der Waals surface area contributed by atoms with E-state index in [1.165, 1.54) is 49.8 Å². The van der Waals surface area contributed by atoms with E-state index >= 15 is 0 Å². The first-order valence-corrected chi connectivity index (χ1v) is 10.9. The highest BCUT2D eigenvalue weighted by Gasteiger charge is 2.16. The summed E-state index contributed by atoms with van der Waals surface area (Å²) in [5.41, 5.74) is 3.08. The standard InChI is InChI=1S/C14H19NO2.C10H13ClFN/c1-17-14-9-12(7-8-13(14)15-10-16)11-5-3-2-4-6-11;1-13-6-2-3-8-4-5-9(12)7-10(8)11/h7-11H,2-6H2,1H3,(H,15,16);4-5,7,13H,2-3,6H2,1H3. The zero-order valence-corrected chi connectivity index (χ0v) is 18.6. The molecule has 0 heterocycles. The number of aryl methyl sites for hydroxylation is 1. The summed E-state index contributed by atoms with van der Waals surface area (Å²) in [6, 6.07) is 10.6. The molecule has 4 nitrogen and oxygen atoms in total. The molecular weight excluding hydrogens is 403 g/mol. The smallest absolute Gasteiger partial charge is 0.211 e. The maximum absolute atomic E-state index is 12.6. The maximum Gasteiger partial charge on any atom is 0.211 e. The SMILES string of the molecule is CNCCCc1ccc(F)cc1Cl.COc1cc(C2CCCCC2)ccc1NC=O. The summed E-state index contributed by atoms with van der Waals surface area (Å²) >= 11 is 5.85. The third-order valence-corrected chi connectivity index (χ3v) is 5.76. The van der Waals surface area contributed by atoms with Crippen molar-refractivity contribution in [1.82, 2.24) is 5.32 Å². The van der Waals surface area contributed by atoms with Gasteiger partial charge in [-0.25, -0.2) is 4.39 Å². The Morgan fingerprint density at radius 2 is 1.93 bits per heavy atom. The minimum atomic E-state index is -0.276. The summed E-state index contributed by atoms with van der Waals surface area (Å²) in [6.07, 6.45) is 9.12. The topological polar surface area (TPSA) is 50.4 Å². The van der Waals surface area contributed by atoms with E-state index in [0.717, 1.165) is 36.4 Å². The van der Waals surface area contributed by atoms with Crippen molar-refractivity contribution in [1.29, 1.82) is 0 Å². The van der Waals surface area contributed by atoms with Gasteiger partial charge in [0.15, 0.2) is 0 Å². The van der Waals surface area contributed by atoms with Crippen LogP contribution in [0.1, 0.15) is 55.6 Å². The third-order valence-electron chi connectivity index (χ3n) is 5.40. The lowest BCUT2D eigenvalue weighted by atomic mass is 9.84. The summed E-state index contributed by atoms with van der Waals surface area (Å²) in [6.45, 7) is 0.952. The number of carbonyl (C=O) groups excluding carboxylic acids is 1. The molecule has 0 saturated heterocycles. The Kier molecular flexibility index (Phi) is 10.7. The molecule has 1 aliphatic rings. The largest absolute Gasteiger partial charge is 0.495 e. The van der Waals surface area contributed by atoms with Gasteiger partial charge in [0.1, 0.15) is 11.6 Å². The van der Waals surface area contributed by atoms with E-state index in [1.807, 2.05) is 13.1 Å². The average Bonchev–Trinajstić information content (AvgIpc) is 2.77. The highest BCUT2D eigenvalue weighted by atomic mass is 35.5. The predicted octanol–water partition coefficient (Wildman–Crippen LogP) is 5.94. The number of nitrogens with one attached hydrogen (secondary N) is 2. The Morgan fingerprint density at radius 1 is 1.17 bits per heavy atom. The van der Waals surface area contributed by atoms with E-state index in [0.29, 0.717) is 17.4 Å². The second-order valence-corrected chi connectivity index (χ2v) is 7.91. The fourth-order valence-corrected chi connectivity index (χ4v) is 4.02. The molecule has 0 aromatic heterocycles. The van der Waals surface area contributed by atoms with Crippen molar-refractivity contribution in [2.75, 3.05) is 26.0 Å². The van der Waals surface area contributed by atoms with Crippen LogP contribution in [-0.2, 0) is 11.2 Å². The molecule has 1 fully saturated rings. The molecule has 30 heavy (non-hydrogen) atoms. The Morgan fingerprint density at radius 3 is 2.57 bits per heavy atom. The highest BCUT2D eigenvalue weighted by Crippen LogP contribution is 2.36. The van der Waals surface area contributed by atoms with Gasteiger partial charge in [-0.1, -0.05) is 43.0 Å². The van der Waals surface area contributed by atoms with Crippen LogP contribution in [0.25, 0.3) is 0 Å². The van der Waals surface area contributed by atoms with Gasteiger partial charge in [0, 0.05) is 5.02 Å². The van der Waals surface area contributed by atoms with Crippen LogP contribution in [0.4, 0.5) is 10.1 Å². The molecule has 0 aliphatic heterocycles. The summed E-state index contributed by atoms with van der Waals surface area (Å²) in [5, 5.41) is 6.23. The van der Waals surface area contributed by atoms with Crippen LogP contribution in [-0.4, -0.2) is 27.1 Å². The summed E-state index contributed by atoms with van der Waals surface area (Å²) in [5.74, 6) is 1.13. The van der Waals surface area contributed by atoms with Crippen LogP contribution in [0.5, 0.6) is 5.75 Å². The molecule has 0 atom stereocenters. The zero-order chi connectivity index (χ0) is 21.8. The molecule has 2 N–H and O–H groups in total. The number of ether oxygens (including phenoxy) is 1. The number of hydrogen-bond acceptors (Lipinski definition) is 3. The molecule has 2 aromatic rings. The molecular formula is C24H32ClFN2O2. The molecule has 0 unspecified atom stereocenters. The molecule has 1 saturated carbocycles. The molecule has 1 aliphatic carbocycles. The van der Waals surface area contributed by atoms with Gasteiger partial charge in [0.05, 0.1) is 12.8 Å². The van der Waals surface area contributed by atoms with E-state index in [4.69, 9.17) is 16.3 Å². The van der Waals surface area contributed by atoms with Gasteiger partial charge in [0.25, 0.3) is 0 Å². The normalized spacial score (nSPS) is 13.9. The van der Waals surface area contributed by atoms with Crippen molar-refractivity contribution in [3.63, 3.8) is 0 Å². The Bertz CT molecular complexity index is 795. The quantitative estimate of drug-likeness (QED) is 0.399. The van der Waals surface area contributed by atoms with E-state index in [-0.39, 0.29) is 5.82 Å². The molecule has 2 aromatic carbocycles. The number of methoxy groups -OCH3 is 1. The Labute approximate surface area is 184 Å². The molecule has 3 rings (SSSR count). The van der Waals surface area contributed by atoms with Crippen molar-refractivity contribution in [3.05, 3.63) is 58.4 Å². The van der Waals surface area contributed by atoms with E-state index in [1.54, 1.807) is 13.2 Å². The maximum atomic E-state index is 12.6. The van der Waals surface area contributed by atoms with Gasteiger partial charge in [0.2, 0.25) is 6.41 Å². The van der Waals surface area contributed by atoms with Crippen LogP contribution in [0, 0.1) is 5.82 Å². The third kappa shape index (κ3) is 7.62. The first-order chi connectivity index (χ1) is 14.6. The lowest BCUT2D eigenvalue weighted by Gasteiger charge is -2.22.